The molecule has 5 nitrogen and oxygen atoms in total. The van der Waals surface area contributed by atoms with Gasteiger partial charge in [-0.05, 0) is 12.1 Å². The first-order valence-electron chi connectivity index (χ1n) is 5.73. The summed E-state index contributed by atoms with van der Waals surface area (Å²) in [4.78, 5) is 0. The maximum absolute atomic E-state index is 13.7. The van der Waals surface area contributed by atoms with Gasteiger partial charge in [0.05, 0.1) is 18.8 Å². The van der Waals surface area contributed by atoms with Crippen molar-refractivity contribution >= 4 is 5.84 Å². The van der Waals surface area contributed by atoms with Crippen molar-refractivity contribution in [3.8, 4) is 5.75 Å². The van der Waals surface area contributed by atoms with Crippen LogP contribution in [0, 0.1) is 5.82 Å². The quantitative estimate of drug-likeness (QED) is 0.371. The van der Waals surface area contributed by atoms with Crippen LogP contribution in [-0.4, -0.2) is 30.4 Å². The highest BCUT2D eigenvalue weighted by molar-refractivity contribution is 5.99. The standard InChI is InChI=1S/C12H15FN2O3/c13-9-2-1-3-10(11(9)12(14)15-16)18-8-4-6-17-7-5-8/h1-3,8,16H,4-7H2,(H2,14,15). The van der Waals surface area contributed by atoms with Crippen LogP contribution in [-0.2, 0) is 4.74 Å². The predicted octanol–water partition coefficient (Wildman–Crippen LogP) is 1.48. The normalized spacial score (nSPS) is 17.7. The molecule has 6 heteroatoms. The first kappa shape index (κ1) is 12.6. The fraction of sp³-hybridized carbons (Fsp3) is 0.417. The number of rotatable bonds is 3. The summed E-state index contributed by atoms with van der Waals surface area (Å²) in [5, 5.41) is 11.5. The van der Waals surface area contributed by atoms with Crippen molar-refractivity contribution in [3.05, 3.63) is 29.6 Å². The molecule has 1 heterocycles. The zero-order valence-corrected chi connectivity index (χ0v) is 9.80. The van der Waals surface area contributed by atoms with E-state index < -0.39 is 5.82 Å². The second kappa shape index (κ2) is 5.68. The van der Waals surface area contributed by atoms with E-state index in [1.807, 2.05) is 0 Å². The lowest BCUT2D eigenvalue weighted by Gasteiger charge is -2.24. The molecule has 0 bridgehead atoms. The minimum atomic E-state index is -0.574. The Balaban J connectivity index is 2.23. The molecule has 98 valence electrons. The summed E-state index contributed by atoms with van der Waals surface area (Å²) in [6, 6.07) is 4.37. The van der Waals surface area contributed by atoms with Gasteiger partial charge in [0, 0.05) is 12.8 Å². The second-order valence-electron chi connectivity index (χ2n) is 4.03. The van der Waals surface area contributed by atoms with Crippen LogP contribution >= 0.6 is 0 Å². The van der Waals surface area contributed by atoms with E-state index >= 15 is 0 Å². The van der Waals surface area contributed by atoms with E-state index in [0.717, 1.165) is 12.8 Å². The molecule has 0 amide bonds. The van der Waals surface area contributed by atoms with Gasteiger partial charge < -0.3 is 20.4 Å². The molecule has 1 saturated heterocycles. The van der Waals surface area contributed by atoms with Crippen LogP contribution in [0.15, 0.2) is 23.4 Å². The Kier molecular flexibility index (Phi) is 3.99. The Morgan fingerprint density at radius 2 is 2.17 bits per heavy atom. The molecule has 0 radical (unpaired) electrons. The average molecular weight is 254 g/mol. The SMILES string of the molecule is NC(=NO)c1c(F)cccc1OC1CCOCC1. The summed E-state index contributed by atoms with van der Waals surface area (Å²) >= 11 is 0. The number of oxime groups is 1. The number of benzene rings is 1. The van der Waals surface area contributed by atoms with E-state index in [4.69, 9.17) is 20.4 Å². The monoisotopic (exact) mass is 254 g/mol. The van der Waals surface area contributed by atoms with Gasteiger partial charge in [0.25, 0.3) is 0 Å². The Labute approximate surface area is 104 Å². The highest BCUT2D eigenvalue weighted by Crippen LogP contribution is 2.24. The van der Waals surface area contributed by atoms with E-state index in [-0.39, 0.29) is 23.3 Å². The zero-order valence-electron chi connectivity index (χ0n) is 9.80. The maximum Gasteiger partial charge on any atom is 0.176 e. The van der Waals surface area contributed by atoms with Gasteiger partial charge in [-0.3, -0.25) is 0 Å². The van der Waals surface area contributed by atoms with Crippen molar-refractivity contribution in [2.75, 3.05) is 13.2 Å². The van der Waals surface area contributed by atoms with Crippen LogP contribution in [0.2, 0.25) is 0 Å². The number of hydrogen-bond acceptors (Lipinski definition) is 4. The molecule has 1 aromatic carbocycles. The first-order valence-corrected chi connectivity index (χ1v) is 5.73. The first-order chi connectivity index (χ1) is 8.72. The predicted molar refractivity (Wildman–Crippen MR) is 63.4 cm³/mol. The molecule has 0 spiro atoms. The van der Waals surface area contributed by atoms with Crippen LogP contribution in [0.4, 0.5) is 4.39 Å². The fourth-order valence-corrected chi connectivity index (χ4v) is 1.87. The van der Waals surface area contributed by atoms with E-state index in [1.54, 1.807) is 6.07 Å². The highest BCUT2D eigenvalue weighted by Gasteiger charge is 2.20. The van der Waals surface area contributed by atoms with Gasteiger partial charge in [-0.2, -0.15) is 0 Å². The van der Waals surface area contributed by atoms with Crippen molar-refractivity contribution in [2.45, 2.75) is 18.9 Å². The van der Waals surface area contributed by atoms with Crippen molar-refractivity contribution in [1.82, 2.24) is 0 Å². The van der Waals surface area contributed by atoms with E-state index in [9.17, 15) is 4.39 Å². The van der Waals surface area contributed by atoms with Crippen molar-refractivity contribution in [2.24, 2.45) is 10.9 Å². The average Bonchev–Trinajstić information content (AvgIpc) is 2.39. The van der Waals surface area contributed by atoms with Crippen LogP contribution in [0.3, 0.4) is 0 Å². The van der Waals surface area contributed by atoms with Crippen LogP contribution in [0.25, 0.3) is 0 Å². The summed E-state index contributed by atoms with van der Waals surface area (Å²) in [5.74, 6) is -0.581. The smallest absolute Gasteiger partial charge is 0.176 e. The molecule has 18 heavy (non-hydrogen) atoms. The van der Waals surface area contributed by atoms with E-state index in [0.29, 0.717) is 13.2 Å². The molecular formula is C12H15FN2O3. The summed E-state index contributed by atoms with van der Waals surface area (Å²) in [6.07, 6.45) is 1.45. The molecule has 1 aliphatic rings. The highest BCUT2D eigenvalue weighted by atomic mass is 19.1. The lowest BCUT2D eigenvalue weighted by atomic mass is 10.1. The number of nitrogens with two attached hydrogens (primary N) is 1. The number of amidine groups is 1. The molecule has 1 aliphatic heterocycles. The molecule has 2 rings (SSSR count). The Bertz CT molecular complexity index is 445. The van der Waals surface area contributed by atoms with Crippen molar-refractivity contribution < 1.29 is 19.1 Å². The third-order valence-corrected chi connectivity index (χ3v) is 2.80. The van der Waals surface area contributed by atoms with Crippen molar-refractivity contribution in [1.29, 1.82) is 0 Å². The van der Waals surface area contributed by atoms with Gasteiger partial charge in [-0.15, -0.1) is 0 Å². The summed E-state index contributed by atoms with van der Waals surface area (Å²) in [7, 11) is 0. The van der Waals surface area contributed by atoms with Crippen molar-refractivity contribution in [3.63, 3.8) is 0 Å². The second-order valence-corrected chi connectivity index (χ2v) is 4.03. The Morgan fingerprint density at radius 1 is 1.44 bits per heavy atom. The van der Waals surface area contributed by atoms with Gasteiger partial charge in [0.2, 0.25) is 0 Å². The van der Waals surface area contributed by atoms with Gasteiger partial charge >= 0.3 is 0 Å². The third kappa shape index (κ3) is 2.70. The number of hydrogen-bond donors (Lipinski definition) is 2. The van der Waals surface area contributed by atoms with E-state index in [1.165, 1.54) is 12.1 Å². The number of halogens is 1. The topological polar surface area (TPSA) is 77.1 Å². The fourth-order valence-electron chi connectivity index (χ4n) is 1.87. The molecule has 1 aromatic rings. The Morgan fingerprint density at radius 3 is 2.83 bits per heavy atom. The molecule has 0 saturated carbocycles. The minimum absolute atomic E-state index is 0.00788. The van der Waals surface area contributed by atoms with Gasteiger partial charge in [-0.25, -0.2) is 4.39 Å². The maximum atomic E-state index is 13.7. The molecular weight excluding hydrogens is 239 g/mol. The van der Waals surface area contributed by atoms with Crippen LogP contribution < -0.4 is 10.5 Å². The molecule has 0 aromatic heterocycles. The lowest BCUT2D eigenvalue weighted by Crippen LogP contribution is -2.27. The minimum Gasteiger partial charge on any atom is -0.489 e. The van der Waals surface area contributed by atoms with Gasteiger partial charge in [0.1, 0.15) is 17.7 Å². The molecule has 0 unspecified atom stereocenters. The number of nitrogens with zero attached hydrogens (tertiary/aromatic N) is 1. The van der Waals surface area contributed by atoms with Gasteiger partial charge in [0.15, 0.2) is 5.84 Å². The lowest BCUT2D eigenvalue weighted by molar-refractivity contribution is 0.0254. The molecule has 0 aliphatic carbocycles. The summed E-state index contributed by atoms with van der Waals surface area (Å²) < 4.78 is 24.6. The van der Waals surface area contributed by atoms with Crippen LogP contribution in [0.5, 0.6) is 5.75 Å². The summed E-state index contributed by atoms with van der Waals surface area (Å²) in [6.45, 7) is 1.25. The zero-order chi connectivity index (χ0) is 13.0. The molecule has 1 fully saturated rings. The van der Waals surface area contributed by atoms with Crippen LogP contribution in [0.1, 0.15) is 18.4 Å². The molecule has 0 atom stereocenters. The Hall–Kier alpha value is -1.82. The van der Waals surface area contributed by atoms with E-state index in [2.05, 4.69) is 5.16 Å². The largest absolute Gasteiger partial charge is 0.489 e. The number of ether oxygens (including phenoxy) is 2. The van der Waals surface area contributed by atoms with Gasteiger partial charge in [-0.1, -0.05) is 11.2 Å². The summed E-state index contributed by atoms with van der Waals surface area (Å²) in [5.41, 5.74) is 5.45. The third-order valence-electron chi connectivity index (χ3n) is 2.80. The molecule has 3 N–H and O–H groups in total.